The SMILES string of the molecule is CCNc1cc(NC(C)(C)CC(N)=O)nc(N)n1. The number of hydrogen-bond acceptors (Lipinski definition) is 6. The number of aromatic nitrogens is 2. The Kier molecular flexibility index (Phi) is 4.30. The van der Waals surface area contributed by atoms with E-state index in [0.717, 1.165) is 6.54 Å². The highest BCUT2D eigenvalue weighted by atomic mass is 16.1. The minimum absolute atomic E-state index is 0.172. The molecule has 1 amide bonds. The lowest BCUT2D eigenvalue weighted by atomic mass is 10.0. The summed E-state index contributed by atoms with van der Waals surface area (Å²) < 4.78 is 0. The minimum atomic E-state index is -0.490. The smallest absolute Gasteiger partial charge is 0.223 e. The Labute approximate surface area is 106 Å². The number of nitrogens with zero attached hydrogens (tertiary/aromatic N) is 2. The molecule has 0 unspecified atom stereocenters. The predicted molar refractivity (Wildman–Crippen MR) is 72.1 cm³/mol. The van der Waals surface area contributed by atoms with Crippen LogP contribution in [-0.4, -0.2) is 28.0 Å². The molecule has 0 saturated carbocycles. The molecular weight excluding hydrogens is 232 g/mol. The van der Waals surface area contributed by atoms with E-state index < -0.39 is 5.54 Å². The van der Waals surface area contributed by atoms with Crippen molar-refractivity contribution in [2.24, 2.45) is 5.73 Å². The van der Waals surface area contributed by atoms with Gasteiger partial charge in [0, 0.05) is 24.6 Å². The molecule has 0 spiro atoms. The molecule has 0 aliphatic heterocycles. The van der Waals surface area contributed by atoms with E-state index in [0.29, 0.717) is 11.6 Å². The average Bonchev–Trinajstić information content (AvgIpc) is 2.12. The molecule has 0 atom stereocenters. The Morgan fingerprint density at radius 3 is 2.56 bits per heavy atom. The highest BCUT2D eigenvalue weighted by Gasteiger charge is 2.21. The van der Waals surface area contributed by atoms with Crippen molar-refractivity contribution in [3.63, 3.8) is 0 Å². The molecular formula is C11H20N6O. The van der Waals surface area contributed by atoms with Crippen molar-refractivity contribution >= 4 is 23.5 Å². The van der Waals surface area contributed by atoms with Gasteiger partial charge in [0.1, 0.15) is 11.6 Å². The van der Waals surface area contributed by atoms with Gasteiger partial charge in [-0.25, -0.2) is 0 Å². The third kappa shape index (κ3) is 4.44. The third-order valence-electron chi connectivity index (χ3n) is 2.18. The van der Waals surface area contributed by atoms with Crippen LogP contribution in [0.15, 0.2) is 6.07 Å². The Morgan fingerprint density at radius 1 is 1.39 bits per heavy atom. The zero-order valence-corrected chi connectivity index (χ0v) is 10.9. The van der Waals surface area contributed by atoms with Crippen LogP contribution in [0.3, 0.4) is 0 Å². The van der Waals surface area contributed by atoms with Crippen molar-refractivity contribution < 1.29 is 4.79 Å². The van der Waals surface area contributed by atoms with Crippen LogP contribution in [-0.2, 0) is 4.79 Å². The summed E-state index contributed by atoms with van der Waals surface area (Å²) in [4.78, 5) is 19.1. The quantitative estimate of drug-likeness (QED) is 0.587. The highest BCUT2D eigenvalue weighted by Crippen LogP contribution is 2.19. The normalized spacial score (nSPS) is 11.1. The number of nitrogen functional groups attached to an aromatic ring is 1. The van der Waals surface area contributed by atoms with Crippen molar-refractivity contribution in [1.82, 2.24) is 9.97 Å². The number of nitrogens with one attached hydrogen (secondary N) is 2. The molecule has 18 heavy (non-hydrogen) atoms. The van der Waals surface area contributed by atoms with Crippen molar-refractivity contribution in [1.29, 1.82) is 0 Å². The number of primary amides is 1. The fraction of sp³-hybridized carbons (Fsp3) is 0.545. The summed E-state index contributed by atoms with van der Waals surface area (Å²) in [7, 11) is 0. The molecule has 0 saturated heterocycles. The van der Waals surface area contributed by atoms with Crippen LogP contribution in [0, 0.1) is 0 Å². The summed E-state index contributed by atoms with van der Waals surface area (Å²) in [6.45, 7) is 6.43. The summed E-state index contributed by atoms with van der Waals surface area (Å²) in [5.74, 6) is 0.999. The van der Waals surface area contributed by atoms with Gasteiger partial charge in [0.15, 0.2) is 0 Å². The van der Waals surface area contributed by atoms with Crippen LogP contribution >= 0.6 is 0 Å². The van der Waals surface area contributed by atoms with E-state index in [1.54, 1.807) is 6.07 Å². The van der Waals surface area contributed by atoms with Gasteiger partial charge in [0.25, 0.3) is 0 Å². The largest absolute Gasteiger partial charge is 0.370 e. The average molecular weight is 252 g/mol. The van der Waals surface area contributed by atoms with E-state index in [-0.39, 0.29) is 18.3 Å². The second-order valence-electron chi connectivity index (χ2n) is 4.68. The van der Waals surface area contributed by atoms with Crippen LogP contribution < -0.4 is 22.1 Å². The van der Waals surface area contributed by atoms with E-state index in [2.05, 4.69) is 20.6 Å². The van der Waals surface area contributed by atoms with Gasteiger partial charge in [-0.05, 0) is 20.8 Å². The summed E-state index contributed by atoms with van der Waals surface area (Å²) in [5.41, 5.74) is 10.3. The number of amides is 1. The first-order valence-electron chi connectivity index (χ1n) is 5.77. The standard InChI is InChI=1S/C11H20N6O/c1-4-14-8-5-9(16-10(13)15-8)17-11(2,3)6-7(12)18/h5H,4,6H2,1-3H3,(H2,12,18)(H4,13,14,15,16,17). The predicted octanol–water partition coefficient (Wildman–Crippen LogP) is 0.557. The number of anilines is 3. The van der Waals surface area contributed by atoms with Crippen molar-refractivity contribution in [2.45, 2.75) is 32.7 Å². The lowest BCUT2D eigenvalue weighted by Gasteiger charge is -2.25. The number of carbonyl (C=O) groups excluding carboxylic acids is 1. The van der Waals surface area contributed by atoms with Crippen molar-refractivity contribution in [2.75, 3.05) is 22.9 Å². The van der Waals surface area contributed by atoms with Gasteiger partial charge < -0.3 is 22.1 Å². The molecule has 1 rings (SSSR count). The monoisotopic (exact) mass is 252 g/mol. The van der Waals surface area contributed by atoms with E-state index >= 15 is 0 Å². The Morgan fingerprint density at radius 2 is 2.00 bits per heavy atom. The van der Waals surface area contributed by atoms with Crippen LogP contribution in [0.2, 0.25) is 0 Å². The number of rotatable bonds is 6. The van der Waals surface area contributed by atoms with Gasteiger partial charge in [-0.15, -0.1) is 0 Å². The molecule has 1 aromatic rings. The van der Waals surface area contributed by atoms with Crippen LogP contribution in [0.5, 0.6) is 0 Å². The Balaban J connectivity index is 2.86. The molecule has 0 aromatic carbocycles. The van der Waals surface area contributed by atoms with E-state index in [1.807, 2.05) is 20.8 Å². The van der Waals surface area contributed by atoms with E-state index in [9.17, 15) is 4.79 Å². The number of hydrogen-bond donors (Lipinski definition) is 4. The maximum atomic E-state index is 11.0. The fourth-order valence-corrected chi connectivity index (χ4v) is 1.63. The molecule has 6 N–H and O–H groups in total. The first kappa shape index (κ1) is 14.0. The Hall–Kier alpha value is -2.05. The summed E-state index contributed by atoms with van der Waals surface area (Å²) in [6.07, 6.45) is 0.202. The summed E-state index contributed by atoms with van der Waals surface area (Å²) in [5, 5.41) is 6.17. The summed E-state index contributed by atoms with van der Waals surface area (Å²) in [6, 6.07) is 1.74. The molecule has 7 heteroatoms. The van der Waals surface area contributed by atoms with Crippen LogP contribution in [0.1, 0.15) is 27.2 Å². The molecule has 7 nitrogen and oxygen atoms in total. The van der Waals surface area contributed by atoms with Crippen molar-refractivity contribution in [3.05, 3.63) is 6.07 Å². The third-order valence-corrected chi connectivity index (χ3v) is 2.18. The topological polar surface area (TPSA) is 119 Å². The van der Waals surface area contributed by atoms with Gasteiger partial charge in [0.05, 0.1) is 0 Å². The van der Waals surface area contributed by atoms with Crippen LogP contribution in [0.4, 0.5) is 17.6 Å². The maximum Gasteiger partial charge on any atom is 0.223 e. The van der Waals surface area contributed by atoms with E-state index in [4.69, 9.17) is 11.5 Å². The summed E-state index contributed by atoms with van der Waals surface area (Å²) >= 11 is 0. The lowest BCUT2D eigenvalue weighted by Crippen LogP contribution is -2.36. The first-order chi connectivity index (χ1) is 8.32. The second kappa shape index (κ2) is 5.52. The lowest BCUT2D eigenvalue weighted by molar-refractivity contribution is -0.118. The van der Waals surface area contributed by atoms with Gasteiger partial charge in [0.2, 0.25) is 11.9 Å². The second-order valence-corrected chi connectivity index (χ2v) is 4.68. The molecule has 100 valence electrons. The molecule has 0 aliphatic carbocycles. The van der Waals surface area contributed by atoms with E-state index in [1.165, 1.54) is 0 Å². The molecule has 0 radical (unpaired) electrons. The first-order valence-corrected chi connectivity index (χ1v) is 5.77. The zero-order chi connectivity index (χ0) is 13.8. The molecule has 0 fully saturated rings. The minimum Gasteiger partial charge on any atom is -0.370 e. The Bertz CT molecular complexity index is 432. The van der Waals surface area contributed by atoms with Gasteiger partial charge in [-0.3, -0.25) is 4.79 Å². The molecule has 1 aromatic heterocycles. The fourth-order valence-electron chi connectivity index (χ4n) is 1.63. The van der Waals surface area contributed by atoms with Gasteiger partial charge >= 0.3 is 0 Å². The molecule has 1 heterocycles. The van der Waals surface area contributed by atoms with Crippen molar-refractivity contribution in [3.8, 4) is 0 Å². The number of carbonyl (C=O) groups is 1. The van der Waals surface area contributed by atoms with Gasteiger partial charge in [-0.1, -0.05) is 0 Å². The van der Waals surface area contributed by atoms with Gasteiger partial charge in [-0.2, -0.15) is 9.97 Å². The molecule has 0 bridgehead atoms. The maximum absolute atomic E-state index is 11.0. The number of nitrogens with two attached hydrogens (primary N) is 2. The molecule has 0 aliphatic rings. The van der Waals surface area contributed by atoms with Crippen LogP contribution in [0.25, 0.3) is 0 Å². The highest BCUT2D eigenvalue weighted by molar-refractivity contribution is 5.75. The zero-order valence-electron chi connectivity index (χ0n) is 10.9.